The number of nitrogens with one attached hydrogen (secondary N) is 1. The van der Waals surface area contributed by atoms with Crippen LogP contribution in [-0.4, -0.2) is 49.2 Å². The lowest BCUT2D eigenvalue weighted by molar-refractivity contribution is -0.114. The standard InChI is InChI=1S/C15H20N2O2.ClH/c18-14(13-4-2-1-3-5-13)17-10-11-19-15(12-17)6-8-16-9-7-15;/h1-5,16H,6-12H2;1H. The SMILES string of the molecule is Cl.O=C(c1ccccc1)N1CCOC2(CCNCC2)C1. The van der Waals surface area contributed by atoms with E-state index >= 15 is 0 Å². The molecule has 4 nitrogen and oxygen atoms in total. The van der Waals surface area contributed by atoms with Gasteiger partial charge in [-0.3, -0.25) is 4.79 Å². The summed E-state index contributed by atoms with van der Waals surface area (Å²) in [4.78, 5) is 14.4. The molecule has 1 amide bonds. The predicted octanol–water partition coefficient (Wildman–Crippen LogP) is 1.70. The maximum atomic E-state index is 12.5. The highest BCUT2D eigenvalue weighted by atomic mass is 35.5. The number of morpholine rings is 1. The molecule has 2 saturated heterocycles. The highest BCUT2D eigenvalue weighted by Gasteiger charge is 2.39. The molecule has 0 atom stereocenters. The number of amides is 1. The van der Waals surface area contributed by atoms with Gasteiger partial charge in [0.25, 0.3) is 5.91 Å². The van der Waals surface area contributed by atoms with Crippen LogP contribution in [0.15, 0.2) is 30.3 Å². The Kier molecular flexibility index (Phi) is 5.02. The van der Waals surface area contributed by atoms with Crippen LogP contribution < -0.4 is 5.32 Å². The molecule has 3 rings (SSSR count). The van der Waals surface area contributed by atoms with Gasteiger partial charge in [-0.25, -0.2) is 0 Å². The molecular formula is C15H21ClN2O2. The molecule has 0 bridgehead atoms. The summed E-state index contributed by atoms with van der Waals surface area (Å²) in [6.45, 7) is 4.03. The quantitative estimate of drug-likeness (QED) is 0.858. The van der Waals surface area contributed by atoms with Crippen molar-refractivity contribution in [1.82, 2.24) is 10.2 Å². The van der Waals surface area contributed by atoms with Crippen LogP contribution in [0.5, 0.6) is 0 Å². The van der Waals surface area contributed by atoms with Gasteiger partial charge in [0, 0.05) is 12.1 Å². The van der Waals surface area contributed by atoms with Gasteiger partial charge < -0.3 is 15.0 Å². The zero-order valence-electron chi connectivity index (χ0n) is 11.5. The largest absolute Gasteiger partial charge is 0.371 e. The number of carbonyl (C=O) groups excluding carboxylic acids is 1. The van der Waals surface area contributed by atoms with Gasteiger partial charge in [0.2, 0.25) is 0 Å². The van der Waals surface area contributed by atoms with Crippen molar-refractivity contribution < 1.29 is 9.53 Å². The predicted molar refractivity (Wildman–Crippen MR) is 80.4 cm³/mol. The van der Waals surface area contributed by atoms with Crippen LogP contribution in [0.1, 0.15) is 23.2 Å². The number of hydrogen-bond donors (Lipinski definition) is 1. The van der Waals surface area contributed by atoms with Crippen LogP contribution >= 0.6 is 12.4 Å². The molecule has 110 valence electrons. The van der Waals surface area contributed by atoms with Crippen molar-refractivity contribution in [3.05, 3.63) is 35.9 Å². The van der Waals surface area contributed by atoms with E-state index in [0.717, 1.165) is 38.0 Å². The fraction of sp³-hybridized carbons (Fsp3) is 0.533. The topological polar surface area (TPSA) is 41.6 Å². The van der Waals surface area contributed by atoms with Crippen molar-refractivity contribution in [2.45, 2.75) is 18.4 Å². The monoisotopic (exact) mass is 296 g/mol. The molecule has 0 radical (unpaired) electrons. The summed E-state index contributed by atoms with van der Waals surface area (Å²) in [5, 5.41) is 3.35. The second-order valence-electron chi connectivity index (χ2n) is 5.37. The van der Waals surface area contributed by atoms with Gasteiger partial charge in [-0.2, -0.15) is 0 Å². The summed E-state index contributed by atoms with van der Waals surface area (Å²) in [5.74, 6) is 0.127. The molecule has 2 aliphatic heterocycles. The number of piperidine rings is 1. The maximum absolute atomic E-state index is 12.5. The van der Waals surface area contributed by atoms with Crippen molar-refractivity contribution in [3.8, 4) is 0 Å². The average Bonchev–Trinajstić information content (AvgIpc) is 2.48. The van der Waals surface area contributed by atoms with E-state index in [1.54, 1.807) is 0 Å². The minimum absolute atomic E-state index is 0. The fourth-order valence-electron chi connectivity index (χ4n) is 2.97. The zero-order valence-corrected chi connectivity index (χ0v) is 12.3. The highest BCUT2D eigenvalue weighted by molar-refractivity contribution is 5.94. The van der Waals surface area contributed by atoms with E-state index in [1.807, 2.05) is 35.2 Å². The molecule has 1 aromatic carbocycles. The Labute approximate surface area is 125 Å². The third-order valence-corrected chi connectivity index (χ3v) is 4.07. The Morgan fingerprint density at radius 3 is 2.60 bits per heavy atom. The second-order valence-corrected chi connectivity index (χ2v) is 5.37. The molecule has 0 aliphatic carbocycles. The number of carbonyl (C=O) groups is 1. The normalized spacial score (nSPS) is 21.3. The molecule has 1 aromatic rings. The lowest BCUT2D eigenvalue weighted by Crippen LogP contribution is -2.57. The Bertz CT molecular complexity index is 441. The Morgan fingerprint density at radius 2 is 1.90 bits per heavy atom. The van der Waals surface area contributed by atoms with E-state index in [1.165, 1.54) is 0 Å². The van der Waals surface area contributed by atoms with Crippen LogP contribution in [0.25, 0.3) is 0 Å². The molecule has 0 unspecified atom stereocenters. The fourth-order valence-corrected chi connectivity index (χ4v) is 2.97. The highest BCUT2D eigenvalue weighted by Crippen LogP contribution is 2.28. The first-order valence-electron chi connectivity index (χ1n) is 6.98. The summed E-state index contributed by atoms with van der Waals surface area (Å²) < 4.78 is 5.99. The van der Waals surface area contributed by atoms with Gasteiger partial charge in [-0.05, 0) is 38.1 Å². The zero-order chi connectivity index (χ0) is 13.1. The van der Waals surface area contributed by atoms with Gasteiger partial charge >= 0.3 is 0 Å². The van der Waals surface area contributed by atoms with E-state index in [4.69, 9.17) is 4.74 Å². The number of hydrogen-bond acceptors (Lipinski definition) is 3. The number of halogens is 1. The van der Waals surface area contributed by atoms with Gasteiger partial charge in [0.05, 0.1) is 18.8 Å². The summed E-state index contributed by atoms with van der Waals surface area (Å²) in [6, 6.07) is 9.52. The lowest BCUT2D eigenvalue weighted by atomic mass is 9.90. The van der Waals surface area contributed by atoms with E-state index in [0.29, 0.717) is 13.2 Å². The van der Waals surface area contributed by atoms with Gasteiger partial charge in [-0.1, -0.05) is 18.2 Å². The smallest absolute Gasteiger partial charge is 0.254 e. The first kappa shape index (κ1) is 15.3. The molecule has 0 aromatic heterocycles. The number of rotatable bonds is 1. The number of benzene rings is 1. The summed E-state index contributed by atoms with van der Waals surface area (Å²) in [7, 11) is 0. The summed E-state index contributed by atoms with van der Waals surface area (Å²) in [5.41, 5.74) is 0.655. The third-order valence-electron chi connectivity index (χ3n) is 4.07. The Hall–Kier alpha value is -1.10. The van der Waals surface area contributed by atoms with Crippen LogP contribution in [0.3, 0.4) is 0 Å². The number of nitrogens with zero attached hydrogens (tertiary/aromatic N) is 1. The van der Waals surface area contributed by atoms with Crippen LogP contribution in [0.2, 0.25) is 0 Å². The van der Waals surface area contributed by atoms with Crippen molar-refractivity contribution in [2.24, 2.45) is 0 Å². The van der Waals surface area contributed by atoms with E-state index in [-0.39, 0.29) is 23.9 Å². The van der Waals surface area contributed by atoms with Crippen molar-refractivity contribution in [3.63, 3.8) is 0 Å². The molecule has 1 N–H and O–H groups in total. The first-order chi connectivity index (χ1) is 9.29. The molecule has 5 heteroatoms. The van der Waals surface area contributed by atoms with Crippen LogP contribution in [-0.2, 0) is 4.74 Å². The Morgan fingerprint density at radius 1 is 1.20 bits per heavy atom. The minimum Gasteiger partial charge on any atom is -0.371 e. The molecular weight excluding hydrogens is 276 g/mol. The molecule has 2 fully saturated rings. The van der Waals surface area contributed by atoms with Crippen LogP contribution in [0, 0.1) is 0 Å². The summed E-state index contributed by atoms with van der Waals surface area (Å²) in [6.07, 6.45) is 1.98. The molecule has 20 heavy (non-hydrogen) atoms. The molecule has 2 aliphatic rings. The average molecular weight is 297 g/mol. The minimum atomic E-state index is -0.117. The first-order valence-corrected chi connectivity index (χ1v) is 6.98. The van der Waals surface area contributed by atoms with Gasteiger partial charge in [0.15, 0.2) is 0 Å². The maximum Gasteiger partial charge on any atom is 0.254 e. The van der Waals surface area contributed by atoms with Gasteiger partial charge in [-0.15, -0.1) is 12.4 Å². The van der Waals surface area contributed by atoms with E-state index in [2.05, 4.69) is 5.32 Å². The van der Waals surface area contributed by atoms with Crippen molar-refractivity contribution in [2.75, 3.05) is 32.8 Å². The summed E-state index contributed by atoms with van der Waals surface area (Å²) >= 11 is 0. The molecule has 0 saturated carbocycles. The van der Waals surface area contributed by atoms with Crippen molar-refractivity contribution >= 4 is 18.3 Å². The number of ether oxygens (including phenoxy) is 1. The van der Waals surface area contributed by atoms with Crippen LogP contribution in [0.4, 0.5) is 0 Å². The molecule has 1 spiro atoms. The Balaban J connectivity index is 0.00000147. The van der Waals surface area contributed by atoms with Crippen molar-refractivity contribution in [1.29, 1.82) is 0 Å². The second kappa shape index (κ2) is 6.57. The van der Waals surface area contributed by atoms with E-state index < -0.39 is 0 Å². The lowest BCUT2D eigenvalue weighted by Gasteiger charge is -2.45. The molecule has 2 heterocycles. The van der Waals surface area contributed by atoms with E-state index in [9.17, 15) is 4.79 Å². The van der Waals surface area contributed by atoms with Gasteiger partial charge in [0.1, 0.15) is 0 Å². The third kappa shape index (κ3) is 3.14.